The summed E-state index contributed by atoms with van der Waals surface area (Å²) >= 11 is 1.42. The Balaban J connectivity index is 1.51. The minimum absolute atomic E-state index is 0.103. The SMILES string of the molecule is Cc1ccc2nc(NC(=O)Cn3nc(C4CC4)ccc3=O)sc2c1. The Morgan fingerprint density at radius 3 is 2.96 bits per heavy atom. The highest BCUT2D eigenvalue weighted by Crippen LogP contribution is 2.38. The zero-order valence-corrected chi connectivity index (χ0v) is 14.0. The maximum Gasteiger partial charge on any atom is 0.267 e. The van der Waals surface area contributed by atoms with Gasteiger partial charge in [-0.05, 0) is 43.5 Å². The molecular formula is C17H16N4O2S. The van der Waals surface area contributed by atoms with Crippen LogP contribution in [-0.4, -0.2) is 20.7 Å². The van der Waals surface area contributed by atoms with Crippen LogP contribution in [0.15, 0.2) is 35.1 Å². The summed E-state index contributed by atoms with van der Waals surface area (Å²) in [4.78, 5) is 28.5. The molecule has 2 aromatic heterocycles. The first-order valence-electron chi connectivity index (χ1n) is 7.83. The van der Waals surface area contributed by atoms with Gasteiger partial charge in [-0.3, -0.25) is 9.59 Å². The van der Waals surface area contributed by atoms with Crippen LogP contribution in [0.1, 0.15) is 30.0 Å². The summed E-state index contributed by atoms with van der Waals surface area (Å²) in [6.07, 6.45) is 2.20. The fraction of sp³-hybridized carbons (Fsp3) is 0.294. The molecule has 4 rings (SSSR count). The molecule has 0 atom stereocenters. The zero-order valence-electron chi connectivity index (χ0n) is 13.2. The van der Waals surface area contributed by atoms with Gasteiger partial charge in [0.15, 0.2) is 5.13 Å². The second-order valence-corrected chi connectivity index (χ2v) is 7.10. The van der Waals surface area contributed by atoms with Crippen molar-refractivity contribution in [1.82, 2.24) is 14.8 Å². The molecule has 3 aromatic rings. The largest absolute Gasteiger partial charge is 0.300 e. The first-order chi connectivity index (χ1) is 11.6. The van der Waals surface area contributed by atoms with E-state index >= 15 is 0 Å². The lowest BCUT2D eigenvalue weighted by atomic mass is 10.2. The molecule has 0 unspecified atom stereocenters. The molecule has 7 heteroatoms. The molecule has 1 aliphatic rings. The monoisotopic (exact) mass is 340 g/mol. The Labute approximate surface area is 142 Å². The van der Waals surface area contributed by atoms with E-state index in [1.54, 1.807) is 6.07 Å². The van der Waals surface area contributed by atoms with Gasteiger partial charge in [0.25, 0.3) is 5.56 Å². The van der Waals surface area contributed by atoms with Gasteiger partial charge in [-0.15, -0.1) is 0 Å². The summed E-state index contributed by atoms with van der Waals surface area (Å²) < 4.78 is 2.25. The minimum Gasteiger partial charge on any atom is -0.300 e. The third-order valence-electron chi connectivity index (χ3n) is 3.97. The van der Waals surface area contributed by atoms with Crippen molar-refractivity contribution in [2.24, 2.45) is 0 Å². The molecule has 1 aliphatic carbocycles. The predicted molar refractivity (Wildman–Crippen MR) is 93.5 cm³/mol. The van der Waals surface area contributed by atoms with Crippen LogP contribution >= 0.6 is 11.3 Å². The average Bonchev–Trinajstić information content (AvgIpc) is 3.30. The third-order valence-corrected chi connectivity index (χ3v) is 4.90. The molecular weight excluding hydrogens is 324 g/mol. The Morgan fingerprint density at radius 1 is 1.33 bits per heavy atom. The fourth-order valence-electron chi connectivity index (χ4n) is 2.55. The van der Waals surface area contributed by atoms with Gasteiger partial charge in [0, 0.05) is 12.0 Å². The standard InChI is InChI=1S/C17H16N4O2S/c1-10-2-5-13-14(8-10)24-17(18-13)19-15(22)9-21-16(23)7-6-12(20-21)11-3-4-11/h2,5-8,11H,3-4,9H2,1H3,(H,18,19,22). The molecule has 1 saturated carbocycles. The van der Waals surface area contributed by atoms with E-state index in [0.717, 1.165) is 34.3 Å². The molecule has 1 N–H and O–H groups in total. The number of anilines is 1. The maximum atomic E-state index is 12.2. The second kappa shape index (κ2) is 5.83. The van der Waals surface area contributed by atoms with Crippen LogP contribution in [0.4, 0.5) is 5.13 Å². The molecule has 0 bridgehead atoms. The second-order valence-electron chi connectivity index (χ2n) is 6.07. The lowest BCUT2D eigenvalue weighted by Gasteiger charge is -2.06. The number of aromatic nitrogens is 3. The van der Waals surface area contributed by atoms with Crippen molar-refractivity contribution in [2.45, 2.75) is 32.2 Å². The van der Waals surface area contributed by atoms with Crippen molar-refractivity contribution in [3.63, 3.8) is 0 Å². The van der Waals surface area contributed by atoms with Gasteiger partial charge in [-0.2, -0.15) is 5.10 Å². The molecule has 24 heavy (non-hydrogen) atoms. The highest BCUT2D eigenvalue weighted by molar-refractivity contribution is 7.22. The summed E-state index contributed by atoms with van der Waals surface area (Å²) in [7, 11) is 0. The number of nitrogens with one attached hydrogen (secondary N) is 1. The van der Waals surface area contributed by atoms with Crippen molar-refractivity contribution in [1.29, 1.82) is 0 Å². The van der Waals surface area contributed by atoms with Gasteiger partial charge in [0.1, 0.15) is 6.54 Å². The number of carbonyl (C=O) groups excluding carboxylic acids is 1. The fourth-order valence-corrected chi connectivity index (χ4v) is 3.54. The number of hydrogen-bond donors (Lipinski definition) is 1. The van der Waals surface area contributed by atoms with Crippen molar-refractivity contribution in [3.05, 3.63) is 51.9 Å². The number of rotatable bonds is 4. The third kappa shape index (κ3) is 3.07. The van der Waals surface area contributed by atoms with Crippen molar-refractivity contribution in [2.75, 3.05) is 5.32 Å². The minimum atomic E-state index is -0.298. The highest BCUT2D eigenvalue weighted by Gasteiger charge is 2.25. The van der Waals surface area contributed by atoms with Gasteiger partial charge < -0.3 is 5.32 Å². The Bertz CT molecular complexity index is 988. The summed E-state index contributed by atoms with van der Waals surface area (Å²) in [5.41, 5.74) is 2.62. The number of aryl methyl sites for hydroxylation is 1. The van der Waals surface area contributed by atoms with Crippen molar-refractivity contribution in [3.8, 4) is 0 Å². The first-order valence-corrected chi connectivity index (χ1v) is 8.65. The Morgan fingerprint density at radius 2 is 2.17 bits per heavy atom. The van der Waals surface area contributed by atoms with Crippen LogP contribution < -0.4 is 10.9 Å². The number of nitrogens with zero attached hydrogens (tertiary/aromatic N) is 3. The van der Waals surface area contributed by atoms with E-state index in [1.165, 1.54) is 22.1 Å². The smallest absolute Gasteiger partial charge is 0.267 e. The van der Waals surface area contributed by atoms with Crippen molar-refractivity contribution < 1.29 is 4.79 Å². The van der Waals surface area contributed by atoms with Gasteiger partial charge in [0.05, 0.1) is 15.9 Å². The first kappa shape index (κ1) is 15.0. The molecule has 0 radical (unpaired) electrons. The zero-order chi connectivity index (χ0) is 16.7. The number of fused-ring (bicyclic) bond motifs is 1. The van der Waals surface area contributed by atoms with E-state index in [4.69, 9.17) is 0 Å². The summed E-state index contributed by atoms with van der Waals surface area (Å²) in [5, 5.41) is 7.59. The number of hydrogen-bond acceptors (Lipinski definition) is 5. The van der Waals surface area contributed by atoms with Gasteiger partial charge in [-0.25, -0.2) is 9.67 Å². The van der Waals surface area contributed by atoms with Crippen LogP contribution in [0.2, 0.25) is 0 Å². The molecule has 6 nitrogen and oxygen atoms in total. The number of amides is 1. The topological polar surface area (TPSA) is 76.9 Å². The quantitative estimate of drug-likeness (QED) is 0.792. The number of benzene rings is 1. The molecule has 0 spiro atoms. The number of carbonyl (C=O) groups is 1. The normalized spacial score (nSPS) is 14.0. The average molecular weight is 340 g/mol. The van der Waals surface area contributed by atoms with Crippen LogP contribution in [0, 0.1) is 6.92 Å². The van der Waals surface area contributed by atoms with E-state index in [9.17, 15) is 9.59 Å². The van der Waals surface area contributed by atoms with E-state index in [1.807, 2.05) is 25.1 Å². The van der Waals surface area contributed by atoms with Crippen LogP contribution in [0.25, 0.3) is 10.2 Å². The molecule has 1 fully saturated rings. The molecule has 0 saturated heterocycles. The molecule has 0 aliphatic heterocycles. The van der Waals surface area contributed by atoms with Gasteiger partial charge in [-0.1, -0.05) is 17.4 Å². The summed E-state index contributed by atoms with van der Waals surface area (Å²) in [6, 6.07) is 9.19. The van der Waals surface area contributed by atoms with Gasteiger partial charge >= 0.3 is 0 Å². The van der Waals surface area contributed by atoms with Crippen LogP contribution in [0.3, 0.4) is 0 Å². The lowest BCUT2D eigenvalue weighted by molar-refractivity contribution is -0.117. The molecule has 122 valence electrons. The molecule has 1 amide bonds. The van der Waals surface area contributed by atoms with Crippen LogP contribution in [-0.2, 0) is 11.3 Å². The van der Waals surface area contributed by atoms with Gasteiger partial charge in [0.2, 0.25) is 5.91 Å². The van der Waals surface area contributed by atoms with E-state index in [2.05, 4.69) is 15.4 Å². The van der Waals surface area contributed by atoms with Crippen molar-refractivity contribution >= 4 is 32.6 Å². The number of thiazole rings is 1. The molecule has 1 aromatic carbocycles. The van der Waals surface area contributed by atoms with E-state index < -0.39 is 0 Å². The lowest BCUT2D eigenvalue weighted by Crippen LogP contribution is -2.29. The molecule has 2 heterocycles. The predicted octanol–water partition coefficient (Wildman–Crippen LogP) is 2.68. The van der Waals surface area contributed by atoms with E-state index in [-0.39, 0.29) is 18.0 Å². The Hall–Kier alpha value is -2.54. The Kier molecular flexibility index (Phi) is 3.65. The van der Waals surface area contributed by atoms with Crippen LogP contribution in [0.5, 0.6) is 0 Å². The highest BCUT2D eigenvalue weighted by atomic mass is 32.1. The summed E-state index contributed by atoms with van der Waals surface area (Å²) in [5.74, 6) is 0.140. The van der Waals surface area contributed by atoms with E-state index in [0.29, 0.717) is 11.0 Å². The maximum absolute atomic E-state index is 12.2. The summed E-state index contributed by atoms with van der Waals surface area (Å²) in [6.45, 7) is 1.91.